The summed E-state index contributed by atoms with van der Waals surface area (Å²) in [6.07, 6.45) is 10.9. The molecule has 34 heavy (non-hydrogen) atoms. The van der Waals surface area contributed by atoms with E-state index in [9.17, 15) is 4.39 Å². The van der Waals surface area contributed by atoms with Crippen molar-refractivity contribution in [3.8, 4) is 11.4 Å². The molecule has 1 unspecified atom stereocenters. The molecular formula is C24H30FN7O2. The third-order valence-electron chi connectivity index (χ3n) is 7.35. The van der Waals surface area contributed by atoms with Gasteiger partial charge in [-0.05, 0) is 51.0 Å². The van der Waals surface area contributed by atoms with Crippen LogP contribution in [0.3, 0.4) is 0 Å². The van der Waals surface area contributed by atoms with Crippen LogP contribution in [0, 0.1) is 0 Å². The third-order valence-corrected chi connectivity index (χ3v) is 7.35. The summed E-state index contributed by atoms with van der Waals surface area (Å²) in [5, 5.41) is 10.5. The molecule has 7 rings (SSSR count). The highest BCUT2D eigenvalue weighted by atomic mass is 19.1. The summed E-state index contributed by atoms with van der Waals surface area (Å²) in [5.74, 6) is 0.850. The first-order valence-corrected chi connectivity index (χ1v) is 12.5. The molecule has 0 aromatic carbocycles. The van der Waals surface area contributed by atoms with E-state index < -0.39 is 5.67 Å². The molecule has 2 saturated heterocycles. The molecule has 4 fully saturated rings. The van der Waals surface area contributed by atoms with E-state index >= 15 is 0 Å². The van der Waals surface area contributed by atoms with Gasteiger partial charge < -0.3 is 20.1 Å². The van der Waals surface area contributed by atoms with Gasteiger partial charge in [-0.15, -0.1) is 0 Å². The number of fused-ring (bicyclic) bond motifs is 1. The Hall–Kier alpha value is -2.72. The van der Waals surface area contributed by atoms with E-state index in [0.717, 1.165) is 55.7 Å². The van der Waals surface area contributed by atoms with Crippen molar-refractivity contribution in [2.75, 3.05) is 30.3 Å². The molecule has 0 bridgehead atoms. The number of aromatic nitrogens is 5. The molecule has 3 aromatic rings. The fraction of sp³-hybridized carbons (Fsp3) is 0.625. The van der Waals surface area contributed by atoms with Crippen molar-refractivity contribution in [2.24, 2.45) is 0 Å². The monoisotopic (exact) mass is 467 g/mol. The second-order valence-corrected chi connectivity index (χ2v) is 10.3. The van der Waals surface area contributed by atoms with Gasteiger partial charge in [0.05, 0.1) is 47.2 Å². The molecule has 2 saturated carbocycles. The molecule has 4 aliphatic rings. The third kappa shape index (κ3) is 3.73. The number of hydrogen-bond acceptors (Lipinski definition) is 7. The summed E-state index contributed by atoms with van der Waals surface area (Å²) < 4.78 is 30.2. The number of halogens is 1. The number of pyridine rings is 1. The summed E-state index contributed by atoms with van der Waals surface area (Å²) in [7, 11) is 0. The maximum Gasteiger partial charge on any atom is 0.160 e. The van der Waals surface area contributed by atoms with Crippen LogP contribution in [0.2, 0.25) is 0 Å². The van der Waals surface area contributed by atoms with Gasteiger partial charge in [0.25, 0.3) is 0 Å². The summed E-state index contributed by atoms with van der Waals surface area (Å²) in [5.41, 5.74) is 7.87. The van der Waals surface area contributed by atoms with Crippen LogP contribution in [0.4, 0.5) is 15.9 Å². The van der Waals surface area contributed by atoms with Gasteiger partial charge in [-0.3, -0.25) is 9.67 Å². The lowest BCUT2D eigenvalue weighted by Crippen LogP contribution is -2.53. The van der Waals surface area contributed by atoms with Gasteiger partial charge in [0.15, 0.2) is 5.82 Å². The van der Waals surface area contributed by atoms with E-state index in [1.54, 1.807) is 9.36 Å². The van der Waals surface area contributed by atoms with Crippen LogP contribution < -0.4 is 10.6 Å². The second-order valence-electron chi connectivity index (χ2n) is 10.3. The van der Waals surface area contributed by atoms with Crippen molar-refractivity contribution in [1.82, 2.24) is 24.5 Å². The average molecular weight is 468 g/mol. The molecule has 0 amide bonds. The first-order valence-electron chi connectivity index (χ1n) is 12.5. The predicted octanol–water partition coefficient (Wildman–Crippen LogP) is 3.45. The summed E-state index contributed by atoms with van der Waals surface area (Å²) in [4.78, 5) is 6.90. The van der Waals surface area contributed by atoms with Gasteiger partial charge in [0.2, 0.25) is 0 Å². The Balaban J connectivity index is 1.21. The number of rotatable bonds is 7. The van der Waals surface area contributed by atoms with Crippen molar-refractivity contribution < 1.29 is 13.9 Å². The number of anilines is 2. The second kappa shape index (κ2) is 7.64. The Morgan fingerprint density at radius 2 is 2.00 bits per heavy atom. The van der Waals surface area contributed by atoms with Crippen molar-refractivity contribution in [1.29, 1.82) is 0 Å². The topological polar surface area (TPSA) is 96.2 Å². The van der Waals surface area contributed by atoms with Gasteiger partial charge >= 0.3 is 0 Å². The van der Waals surface area contributed by atoms with E-state index in [1.165, 1.54) is 12.8 Å². The zero-order chi connectivity index (χ0) is 22.9. The van der Waals surface area contributed by atoms with Gasteiger partial charge in [0.1, 0.15) is 17.6 Å². The minimum atomic E-state index is -1.16. The predicted molar refractivity (Wildman–Crippen MR) is 125 cm³/mol. The molecule has 180 valence electrons. The molecule has 0 spiro atoms. The maximum absolute atomic E-state index is 14.8. The lowest BCUT2D eigenvalue weighted by atomic mass is 10.1. The lowest BCUT2D eigenvalue weighted by Gasteiger charge is -2.39. The van der Waals surface area contributed by atoms with Crippen LogP contribution >= 0.6 is 0 Å². The number of alkyl halides is 1. The van der Waals surface area contributed by atoms with E-state index in [4.69, 9.17) is 30.4 Å². The normalized spacial score (nSPS) is 24.5. The first kappa shape index (κ1) is 20.6. The molecule has 2 aliphatic heterocycles. The van der Waals surface area contributed by atoms with Crippen molar-refractivity contribution in [3.63, 3.8) is 0 Å². The Kier molecular flexibility index (Phi) is 4.64. The van der Waals surface area contributed by atoms with Crippen LogP contribution in [-0.2, 0) is 16.0 Å². The standard InChI is InChI=1S/C24H30FN7O2/c25-24(6-7-24)14-32-20-9-19(22-18(26)13-31(28-22)21-3-1-2-8-33-21)27-10-17(20)23(29-32)30-11-16(12-30)34-15-4-5-15/h9-10,13,15-16,21H,1-8,11-12,14,26H2. The SMILES string of the molecule is Nc1cn(C2CCCCO2)nc1-c1cc2c(cn1)c(N1CC(OC3CC3)C1)nn2CC1(F)CC1. The fourth-order valence-electron chi connectivity index (χ4n) is 4.96. The van der Waals surface area contributed by atoms with Gasteiger partial charge in [0, 0.05) is 25.9 Å². The van der Waals surface area contributed by atoms with Crippen molar-refractivity contribution in [2.45, 2.75) is 75.6 Å². The Morgan fingerprint density at radius 1 is 1.15 bits per heavy atom. The molecule has 5 heterocycles. The number of hydrogen-bond donors (Lipinski definition) is 1. The van der Waals surface area contributed by atoms with Crippen molar-refractivity contribution >= 4 is 22.4 Å². The zero-order valence-corrected chi connectivity index (χ0v) is 19.2. The van der Waals surface area contributed by atoms with Crippen molar-refractivity contribution in [3.05, 3.63) is 18.5 Å². The maximum atomic E-state index is 14.8. The van der Waals surface area contributed by atoms with E-state index in [-0.39, 0.29) is 18.9 Å². The molecule has 2 N–H and O–H groups in total. The summed E-state index contributed by atoms with van der Waals surface area (Å²) in [6, 6.07) is 1.94. The van der Waals surface area contributed by atoms with Gasteiger partial charge in [-0.1, -0.05) is 0 Å². The molecule has 3 aromatic heterocycles. The van der Waals surface area contributed by atoms with E-state index in [1.807, 2.05) is 18.5 Å². The van der Waals surface area contributed by atoms with Crippen LogP contribution in [0.15, 0.2) is 18.5 Å². The lowest BCUT2D eigenvalue weighted by molar-refractivity contribution is -0.0393. The highest BCUT2D eigenvalue weighted by molar-refractivity contribution is 5.93. The minimum absolute atomic E-state index is 0.0934. The van der Waals surface area contributed by atoms with Gasteiger partial charge in [-0.25, -0.2) is 9.07 Å². The zero-order valence-electron chi connectivity index (χ0n) is 19.2. The fourth-order valence-corrected chi connectivity index (χ4v) is 4.96. The van der Waals surface area contributed by atoms with Crippen LogP contribution in [0.5, 0.6) is 0 Å². The molecule has 1 atom stereocenters. The van der Waals surface area contributed by atoms with Crippen LogP contribution in [-0.4, -0.2) is 62.1 Å². The Morgan fingerprint density at radius 3 is 2.74 bits per heavy atom. The molecule has 10 heteroatoms. The number of ether oxygens (including phenoxy) is 2. The number of nitrogen functional groups attached to an aromatic ring is 1. The first-order chi connectivity index (χ1) is 16.5. The highest BCUT2D eigenvalue weighted by Crippen LogP contribution is 2.43. The van der Waals surface area contributed by atoms with Gasteiger partial charge in [-0.2, -0.15) is 10.2 Å². The number of nitrogens with zero attached hydrogens (tertiary/aromatic N) is 6. The van der Waals surface area contributed by atoms with Crippen LogP contribution in [0.1, 0.15) is 51.2 Å². The molecule has 0 radical (unpaired) electrons. The summed E-state index contributed by atoms with van der Waals surface area (Å²) >= 11 is 0. The van der Waals surface area contributed by atoms with E-state index in [2.05, 4.69) is 4.90 Å². The average Bonchev–Trinajstić information content (AvgIpc) is 3.72. The smallest absolute Gasteiger partial charge is 0.160 e. The highest BCUT2D eigenvalue weighted by Gasteiger charge is 2.44. The van der Waals surface area contributed by atoms with E-state index in [0.29, 0.717) is 36.0 Å². The Labute approximate surface area is 197 Å². The number of nitrogens with two attached hydrogens (primary N) is 1. The molecular weight excluding hydrogens is 437 g/mol. The quantitative estimate of drug-likeness (QED) is 0.569. The van der Waals surface area contributed by atoms with Crippen LogP contribution in [0.25, 0.3) is 22.3 Å². The largest absolute Gasteiger partial charge is 0.396 e. The molecule has 9 nitrogen and oxygen atoms in total. The molecule has 2 aliphatic carbocycles. The summed E-state index contributed by atoms with van der Waals surface area (Å²) in [6.45, 7) is 2.61. The Bertz CT molecular complexity index is 1220. The minimum Gasteiger partial charge on any atom is -0.396 e.